The van der Waals surface area contributed by atoms with Crippen molar-refractivity contribution >= 4 is 5.91 Å². The van der Waals surface area contributed by atoms with E-state index in [4.69, 9.17) is 0 Å². The first kappa shape index (κ1) is 11.5. The molecule has 2 aliphatic heterocycles. The van der Waals surface area contributed by atoms with E-state index in [9.17, 15) is 9.90 Å². The molecule has 0 saturated carbocycles. The second kappa shape index (κ2) is 4.61. The van der Waals surface area contributed by atoms with Crippen molar-refractivity contribution in [2.24, 2.45) is 5.92 Å². The molecule has 4 heteroatoms. The van der Waals surface area contributed by atoms with Gasteiger partial charge in [-0.1, -0.05) is 12.1 Å². The fourth-order valence-electron chi connectivity index (χ4n) is 2.97. The Bertz CT molecular complexity index is 444. The molecule has 96 valence electrons. The van der Waals surface area contributed by atoms with E-state index in [1.165, 1.54) is 0 Å². The van der Waals surface area contributed by atoms with Gasteiger partial charge in [0.2, 0.25) is 5.91 Å². The number of fused-ring (bicyclic) bond motifs is 1. The Kier molecular flexibility index (Phi) is 2.96. The van der Waals surface area contributed by atoms with Crippen molar-refractivity contribution in [1.29, 1.82) is 0 Å². The summed E-state index contributed by atoms with van der Waals surface area (Å²) in [5.74, 6) is 0.720. The van der Waals surface area contributed by atoms with Crippen molar-refractivity contribution in [3.8, 4) is 5.75 Å². The number of nitrogens with one attached hydrogen (secondary N) is 1. The number of benzene rings is 1. The lowest BCUT2D eigenvalue weighted by Gasteiger charge is -2.23. The minimum atomic E-state index is 0.177. The number of piperidine rings is 1. The number of nitrogens with zero attached hydrogens (tertiary/aromatic N) is 1. The first-order valence-electron chi connectivity index (χ1n) is 6.54. The maximum absolute atomic E-state index is 12.2. The van der Waals surface area contributed by atoms with Crippen molar-refractivity contribution in [2.45, 2.75) is 25.4 Å². The molecule has 18 heavy (non-hydrogen) atoms. The predicted octanol–water partition coefficient (Wildman–Crippen LogP) is 1.10. The summed E-state index contributed by atoms with van der Waals surface area (Å²) in [6.07, 6.45) is 2.11. The molecule has 2 heterocycles. The number of carbonyl (C=O) groups is 1. The lowest BCUT2D eigenvalue weighted by atomic mass is 9.94. The Morgan fingerprint density at radius 3 is 2.83 bits per heavy atom. The van der Waals surface area contributed by atoms with Crippen LogP contribution >= 0.6 is 0 Å². The average molecular weight is 246 g/mol. The van der Waals surface area contributed by atoms with Crippen molar-refractivity contribution in [3.63, 3.8) is 0 Å². The van der Waals surface area contributed by atoms with Gasteiger partial charge in [0.25, 0.3) is 0 Å². The molecular weight excluding hydrogens is 228 g/mol. The van der Waals surface area contributed by atoms with Crippen LogP contribution in [0.3, 0.4) is 0 Å². The predicted molar refractivity (Wildman–Crippen MR) is 68.0 cm³/mol. The Balaban J connectivity index is 1.70. The molecule has 1 aromatic carbocycles. The van der Waals surface area contributed by atoms with Crippen LogP contribution in [0.15, 0.2) is 24.3 Å². The van der Waals surface area contributed by atoms with Crippen molar-refractivity contribution in [3.05, 3.63) is 29.8 Å². The summed E-state index contributed by atoms with van der Waals surface area (Å²) in [7, 11) is 0. The fraction of sp³-hybridized carbons (Fsp3) is 0.500. The normalized spacial score (nSPS) is 27.3. The standard InChI is InChI=1S/C14H18N2O2/c17-11-5-3-10(4-6-11)8-16-9-13-12(14(16)18)2-1-7-15-13/h3-6,12-13,15,17H,1-2,7-9H2. The van der Waals surface area contributed by atoms with E-state index in [1.807, 2.05) is 17.0 Å². The van der Waals surface area contributed by atoms with Gasteiger partial charge >= 0.3 is 0 Å². The lowest BCUT2D eigenvalue weighted by Crippen LogP contribution is -2.41. The third kappa shape index (κ3) is 2.08. The van der Waals surface area contributed by atoms with Gasteiger partial charge in [-0.25, -0.2) is 0 Å². The molecule has 2 fully saturated rings. The quantitative estimate of drug-likeness (QED) is 0.821. The van der Waals surface area contributed by atoms with E-state index in [1.54, 1.807) is 12.1 Å². The molecule has 0 bridgehead atoms. The van der Waals surface area contributed by atoms with Gasteiger partial charge in [0, 0.05) is 19.1 Å². The summed E-state index contributed by atoms with van der Waals surface area (Å²) in [5.41, 5.74) is 1.07. The first-order chi connectivity index (χ1) is 8.74. The van der Waals surface area contributed by atoms with Crippen LogP contribution in [0.1, 0.15) is 18.4 Å². The smallest absolute Gasteiger partial charge is 0.227 e. The molecule has 0 radical (unpaired) electrons. The molecule has 0 aromatic heterocycles. The van der Waals surface area contributed by atoms with Crippen LogP contribution in [-0.4, -0.2) is 35.0 Å². The van der Waals surface area contributed by atoms with Crippen molar-refractivity contribution in [1.82, 2.24) is 10.2 Å². The van der Waals surface area contributed by atoms with Crippen LogP contribution in [0.5, 0.6) is 5.75 Å². The van der Waals surface area contributed by atoms with Gasteiger partial charge in [0.05, 0.1) is 5.92 Å². The molecule has 0 aliphatic carbocycles. The van der Waals surface area contributed by atoms with Crippen LogP contribution in [0.2, 0.25) is 0 Å². The Hall–Kier alpha value is -1.55. The minimum absolute atomic E-state index is 0.177. The molecule has 0 spiro atoms. The number of hydrogen-bond acceptors (Lipinski definition) is 3. The number of rotatable bonds is 2. The lowest BCUT2D eigenvalue weighted by molar-refractivity contribution is -0.131. The summed E-state index contributed by atoms with van der Waals surface area (Å²) < 4.78 is 0. The van der Waals surface area contributed by atoms with Gasteiger partial charge in [-0.3, -0.25) is 4.79 Å². The Labute approximate surface area is 107 Å². The molecule has 3 rings (SSSR count). The molecule has 2 atom stereocenters. The number of hydrogen-bond donors (Lipinski definition) is 2. The Morgan fingerprint density at radius 1 is 1.33 bits per heavy atom. The second-order valence-electron chi connectivity index (χ2n) is 5.19. The summed E-state index contributed by atoms with van der Waals surface area (Å²) in [6.45, 7) is 2.49. The van der Waals surface area contributed by atoms with Crippen LogP contribution < -0.4 is 5.32 Å². The Morgan fingerprint density at radius 2 is 2.11 bits per heavy atom. The number of phenols is 1. The molecule has 1 amide bonds. The number of amides is 1. The third-order valence-electron chi connectivity index (χ3n) is 3.94. The van der Waals surface area contributed by atoms with Crippen LogP contribution in [0.25, 0.3) is 0 Å². The molecule has 4 nitrogen and oxygen atoms in total. The van der Waals surface area contributed by atoms with Crippen molar-refractivity contribution in [2.75, 3.05) is 13.1 Å². The molecule has 2 unspecified atom stereocenters. The van der Waals surface area contributed by atoms with Gasteiger partial charge < -0.3 is 15.3 Å². The molecule has 2 N–H and O–H groups in total. The molecular formula is C14H18N2O2. The van der Waals surface area contributed by atoms with E-state index < -0.39 is 0 Å². The van der Waals surface area contributed by atoms with Gasteiger partial charge in [-0.05, 0) is 37.1 Å². The largest absolute Gasteiger partial charge is 0.508 e. The van der Waals surface area contributed by atoms with Crippen LogP contribution in [-0.2, 0) is 11.3 Å². The second-order valence-corrected chi connectivity index (χ2v) is 5.19. The average Bonchev–Trinajstić information content (AvgIpc) is 2.70. The fourth-order valence-corrected chi connectivity index (χ4v) is 2.97. The highest BCUT2D eigenvalue weighted by atomic mass is 16.3. The number of likely N-dealkylation sites (tertiary alicyclic amines) is 1. The highest BCUT2D eigenvalue weighted by Crippen LogP contribution is 2.27. The maximum atomic E-state index is 12.2. The maximum Gasteiger partial charge on any atom is 0.227 e. The number of carbonyl (C=O) groups excluding carboxylic acids is 1. The first-order valence-corrected chi connectivity index (χ1v) is 6.54. The van der Waals surface area contributed by atoms with Crippen molar-refractivity contribution < 1.29 is 9.90 Å². The van der Waals surface area contributed by atoms with E-state index in [2.05, 4.69) is 5.32 Å². The van der Waals surface area contributed by atoms with E-state index >= 15 is 0 Å². The van der Waals surface area contributed by atoms with Gasteiger partial charge in [-0.2, -0.15) is 0 Å². The van der Waals surface area contributed by atoms with Crippen LogP contribution in [0.4, 0.5) is 0 Å². The summed E-state index contributed by atoms with van der Waals surface area (Å²) in [4.78, 5) is 14.2. The molecule has 2 saturated heterocycles. The number of phenolic OH excluding ortho intramolecular Hbond substituents is 1. The van der Waals surface area contributed by atoms with E-state index in [-0.39, 0.29) is 17.6 Å². The topological polar surface area (TPSA) is 52.6 Å². The van der Waals surface area contributed by atoms with Crippen LogP contribution in [0, 0.1) is 5.92 Å². The summed E-state index contributed by atoms with van der Waals surface area (Å²) in [6, 6.07) is 7.42. The summed E-state index contributed by atoms with van der Waals surface area (Å²) in [5, 5.41) is 12.7. The zero-order chi connectivity index (χ0) is 12.5. The molecule has 2 aliphatic rings. The third-order valence-corrected chi connectivity index (χ3v) is 3.94. The van der Waals surface area contributed by atoms with E-state index in [0.717, 1.165) is 31.5 Å². The zero-order valence-electron chi connectivity index (χ0n) is 10.3. The van der Waals surface area contributed by atoms with Gasteiger partial charge in [0.1, 0.15) is 5.75 Å². The SMILES string of the molecule is O=C1C2CCCNC2CN1Cc1ccc(O)cc1. The van der Waals surface area contributed by atoms with E-state index in [0.29, 0.717) is 12.6 Å². The van der Waals surface area contributed by atoms with Gasteiger partial charge in [-0.15, -0.1) is 0 Å². The zero-order valence-corrected chi connectivity index (χ0v) is 10.3. The monoisotopic (exact) mass is 246 g/mol. The highest BCUT2D eigenvalue weighted by molar-refractivity contribution is 5.82. The number of aromatic hydroxyl groups is 1. The molecule has 1 aromatic rings. The summed E-state index contributed by atoms with van der Waals surface area (Å²) >= 11 is 0. The minimum Gasteiger partial charge on any atom is -0.508 e. The highest BCUT2D eigenvalue weighted by Gasteiger charge is 2.40. The van der Waals surface area contributed by atoms with Gasteiger partial charge in [0.15, 0.2) is 0 Å².